The first kappa shape index (κ1) is 15.7. The molecule has 0 unspecified atom stereocenters. The van der Waals surface area contributed by atoms with E-state index in [2.05, 4.69) is 28.3 Å². The molecule has 0 spiro atoms. The molecule has 6 nitrogen and oxygen atoms in total. The monoisotopic (exact) mass is 323 g/mol. The highest BCUT2D eigenvalue weighted by Crippen LogP contribution is 2.24. The van der Waals surface area contributed by atoms with Crippen LogP contribution in [0.15, 0.2) is 33.6 Å². The molecule has 0 aliphatic carbocycles. The number of aromatic nitrogens is 2. The molecular weight excluding hydrogens is 306 g/mol. The number of nitrogens with zero attached hydrogens (tertiary/aromatic N) is 1. The Hall–Kier alpha value is -3.15. The summed E-state index contributed by atoms with van der Waals surface area (Å²) in [5.74, 6) is 0.538. The van der Waals surface area contributed by atoms with E-state index in [4.69, 9.17) is 4.42 Å². The van der Waals surface area contributed by atoms with Crippen molar-refractivity contribution >= 4 is 29.0 Å². The van der Waals surface area contributed by atoms with Gasteiger partial charge in [0.05, 0.1) is 0 Å². The van der Waals surface area contributed by atoms with E-state index in [1.807, 2.05) is 19.1 Å². The van der Waals surface area contributed by atoms with Crippen molar-refractivity contribution in [1.82, 2.24) is 15.3 Å². The Kier molecular flexibility index (Phi) is 4.04. The molecule has 0 aliphatic heterocycles. The Labute approximate surface area is 138 Å². The topological polar surface area (TPSA) is 88.0 Å². The molecule has 0 aliphatic rings. The van der Waals surface area contributed by atoms with Crippen LogP contribution in [-0.2, 0) is 0 Å². The lowest BCUT2D eigenvalue weighted by atomic mass is 10.1. The van der Waals surface area contributed by atoms with Crippen molar-refractivity contribution < 1.29 is 9.21 Å². The van der Waals surface area contributed by atoms with Gasteiger partial charge in [-0.15, -0.1) is 0 Å². The van der Waals surface area contributed by atoms with Crippen LogP contribution in [0.2, 0.25) is 0 Å². The molecule has 0 radical (unpaired) electrons. The van der Waals surface area contributed by atoms with Crippen LogP contribution in [0.3, 0.4) is 0 Å². The lowest BCUT2D eigenvalue weighted by Gasteiger charge is -1.98. The first-order chi connectivity index (χ1) is 11.5. The summed E-state index contributed by atoms with van der Waals surface area (Å²) in [6, 6.07) is 6.00. The van der Waals surface area contributed by atoms with E-state index in [0.717, 1.165) is 11.0 Å². The number of benzene rings is 1. The normalized spacial score (nSPS) is 11.3. The second kappa shape index (κ2) is 6.16. The Bertz CT molecular complexity index is 973. The summed E-state index contributed by atoms with van der Waals surface area (Å²) < 4.78 is 5.76. The first-order valence-electron chi connectivity index (χ1n) is 7.48. The number of nitrogens with one attached hydrogen (secondary N) is 2. The molecular formula is C18H17N3O3. The Balaban J connectivity index is 1.89. The van der Waals surface area contributed by atoms with Gasteiger partial charge in [0, 0.05) is 18.6 Å². The molecule has 0 atom stereocenters. The van der Waals surface area contributed by atoms with Crippen molar-refractivity contribution in [3.05, 3.63) is 63.0 Å². The molecule has 3 rings (SSSR count). The molecule has 0 fully saturated rings. The summed E-state index contributed by atoms with van der Waals surface area (Å²) in [4.78, 5) is 29.9. The number of carbonyl (C=O) groups is 1. The van der Waals surface area contributed by atoms with E-state index in [-0.39, 0.29) is 5.56 Å². The fourth-order valence-corrected chi connectivity index (χ4v) is 2.36. The number of hydrogen-bond donors (Lipinski definition) is 2. The fraction of sp³-hybridized carbons (Fsp3) is 0.167. The number of furan rings is 1. The Morgan fingerprint density at radius 3 is 2.67 bits per heavy atom. The number of aromatic amines is 1. The van der Waals surface area contributed by atoms with Gasteiger partial charge in [0.25, 0.3) is 11.5 Å². The zero-order chi connectivity index (χ0) is 17.3. The van der Waals surface area contributed by atoms with Crippen molar-refractivity contribution in [2.45, 2.75) is 13.8 Å². The second-order valence-electron chi connectivity index (χ2n) is 5.55. The summed E-state index contributed by atoms with van der Waals surface area (Å²) in [6.45, 7) is 4.09. The van der Waals surface area contributed by atoms with Crippen molar-refractivity contribution in [2.24, 2.45) is 0 Å². The van der Waals surface area contributed by atoms with Crippen LogP contribution in [0.4, 0.5) is 0 Å². The van der Waals surface area contributed by atoms with Crippen LogP contribution in [-0.4, -0.2) is 22.9 Å². The maximum absolute atomic E-state index is 11.9. The summed E-state index contributed by atoms with van der Waals surface area (Å²) in [5, 5.41) is 3.41. The molecule has 3 aromatic rings. The lowest BCUT2D eigenvalue weighted by Crippen LogP contribution is -2.27. The number of rotatable bonds is 3. The maximum atomic E-state index is 11.9. The number of aryl methyl sites for hydroxylation is 2. The standard InChI is InChI=1S/C18H17N3O3/c1-10-6-12-8-13(24-15(12)7-11(10)2)4-5-16-20-9-14(17(22)19-3)18(23)21-16/h4-9H,1-3H3,(H,19,22)(H,20,21,23). The van der Waals surface area contributed by atoms with Crippen LogP contribution in [0, 0.1) is 13.8 Å². The van der Waals surface area contributed by atoms with Gasteiger partial charge < -0.3 is 14.7 Å². The number of carbonyl (C=O) groups excluding carboxylic acids is 1. The molecule has 1 aromatic carbocycles. The van der Waals surface area contributed by atoms with Crippen molar-refractivity contribution in [2.75, 3.05) is 7.05 Å². The minimum Gasteiger partial charge on any atom is -0.457 e. The van der Waals surface area contributed by atoms with E-state index < -0.39 is 11.5 Å². The zero-order valence-electron chi connectivity index (χ0n) is 13.6. The number of hydrogen-bond acceptors (Lipinski definition) is 4. The van der Waals surface area contributed by atoms with E-state index >= 15 is 0 Å². The van der Waals surface area contributed by atoms with Gasteiger partial charge in [-0.25, -0.2) is 4.98 Å². The van der Waals surface area contributed by atoms with E-state index in [0.29, 0.717) is 11.6 Å². The van der Waals surface area contributed by atoms with E-state index in [9.17, 15) is 9.59 Å². The second-order valence-corrected chi connectivity index (χ2v) is 5.55. The average molecular weight is 323 g/mol. The van der Waals surface area contributed by atoms with Crippen molar-refractivity contribution in [1.29, 1.82) is 0 Å². The van der Waals surface area contributed by atoms with Gasteiger partial charge in [0.2, 0.25) is 0 Å². The molecule has 1 amide bonds. The molecule has 0 saturated carbocycles. The third-order valence-electron chi connectivity index (χ3n) is 3.85. The van der Waals surface area contributed by atoms with E-state index in [1.54, 1.807) is 12.2 Å². The summed E-state index contributed by atoms with van der Waals surface area (Å²) in [5.41, 5.74) is 2.68. The highest BCUT2D eigenvalue weighted by Gasteiger charge is 2.09. The molecule has 2 aromatic heterocycles. The van der Waals surface area contributed by atoms with Gasteiger partial charge in [-0.3, -0.25) is 9.59 Å². The predicted octanol–water partition coefficient (Wildman–Crippen LogP) is 2.66. The zero-order valence-corrected chi connectivity index (χ0v) is 13.6. The molecule has 6 heteroatoms. The lowest BCUT2D eigenvalue weighted by molar-refractivity contribution is 0.0961. The minimum atomic E-state index is -0.486. The molecule has 24 heavy (non-hydrogen) atoms. The van der Waals surface area contributed by atoms with Crippen LogP contribution >= 0.6 is 0 Å². The quantitative estimate of drug-likeness (QED) is 0.775. The fourth-order valence-electron chi connectivity index (χ4n) is 2.36. The SMILES string of the molecule is CNC(=O)c1cnc(C=Cc2cc3cc(C)c(C)cc3o2)[nH]c1=O. The summed E-state index contributed by atoms with van der Waals surface area (Å²) in [6.07, 6.45) is 4.61. The largest absolute Gasteiger partial charge is 0.457 e. The summed E-state index contributed by atoms with van der Waals surface area (Å²) >= 11 is 0. The third kappa shape index (κ3) is 2.99. The molecule has 0 saturated heterocycles. The molecule has 0 bridgehead atoms. The van der Waals surface area contributed by atoms with Gasteiger partial charge in [-0.1, -0.05) is 0 Å². The van der Waals surface area contributed by atoms with Gasteiger partial charge in [-0.2, -0.15) is 0 Å². The first-order valence-corrected chi connectivity index (χ1v) is 7.48. The van der Waals surface area contributed by atoms with Crippen LogP contribution < -0.4 is 10.9 Å². The Morgan fingerprint density at radius 1 is 1.21 bits per heavy atom. The van der Waals surface area contributed by atoms with Gasteiger partial charge in [0.15, 0.2) is 0 Å². The van der Waals surface area contributed by atoms with Crippen molar-refractivity contribution in [3.63, 3.8) is 0 Å². The molecule has 2 heterocycles. The van der Waals surface area contributed by atoms with Crippen molar-refractivity contribution in [3.8, 4) is 0 Å². The van der Waals surface area contributed by atoms with Crippen LogP contribution in [0.5, 0.6) is 0 Å². The number of H-pyrrole nitrogens is 1. The molecule has 2 N–H and O–H groups in total. The minimum absolute atomic E-state index is 0.0238. The highest BCUT2D eigenvalue weighted by atomic mass is 16.3. The van der Waals surface area contributed by atoms with E-state index in [1.165, 1.54) is 24.4 Å². The predicted molar refractivity (Wildman–Crippen MR) is 92.9 cm³/mol. The third-order valence-corrected chi connectivity index (χ3v) is 3.85. The number of fused-ring (bicyclic) bond motifs is 1. The van der Waals surface area contributed by atoms with Gasteiger partial charge in [-0.05, 0) is 55.3 Å². The van der Waals surface area contributed by atoms with Crippen LogP contribution in [0.25, 0.3) is 23.1 Å². The van der Waals surface area contributed by atoms with Crippen LogP contribution in [0.1, 0.15) is 33.1 Å². The average Bonchev–Trinajstić information content (AvgIpc) is 2.94. The molecule has 122 valence electrons. The number of amides is 1. The summed E-state index contributed by atoms with van der Waals surface area (Å²) in [7, 11) is 1.46. The van der Waals surface area contributed by atoms with Gasteiger partial charge >= 0.3 is 0 Å². The highest BCUT2D eigenvalue weighted by molar-refractivity contribution is 5.93. The van der Waals surface area contributed by atoms with Gasteiger partial charge in [0.1, 0.15) is 22.7 Å². The Morgan fingerprint density at radius 2 is 1.96 bits per heavy atom. The maximum Gasteiger partial charge on any atom is 0.263 e. The smallest absolute Gasteiger partial charge is 0.263 e.